The molecule has 0 aliphatic rings. The van der Waals surface area contributed by atoms with Crippen molar-refractivity contribution >= 4 is 34.3 Å². The first-order chi connectivity index (χ1) is 14.4. The fourth-order valence-electron chi connectivity index (χ4n) is 2.55. The summed E-state index contributed by atoms with van der Waals surface area (Å²) < 4.78 is 10.8. The maximum Gasteiger partial charge on any atom is 0.347 e. The summed E-state index contributed by atoms with van der Waals surface area (Å²) >= 11 is 5.98. The molecule has 1 atom stereocenters. The Kier molecular flexibility index (Phi) is 7.19. The van der Waals surface area contributed by atoms with Crippen LogP contribution in [0.1, 0.15) is 20.8 Å². The molecule has 3 aromatic rings. The fraction of sp³-hybridized carbons (Fsp3) is 0.273. The number of benzene rings is 2. The minimum absolute atomic E-state index is 0.105. The van der Waals surface area contributed by atoms with Crippen molar-refractivity contribution < 1.29 is 19.1 Å². The zero-order valence-electron chi connectivity index (χ0n) is 17.0. The van der Waals surface area contributed by atoms with Gasteiger partial charge in [0, 0.05) is 10.6 Å². The summed E-state index contributed by atoms with van der Waals surface area (Å²) in [7, 11) is 0. The van der Waals surface area contributed by atoms with E-state index in [1.165, 1.54) is 0 Å². The lowest BCUT2D eigenvalue weighted by Crippen LogP contribution is -2.27. The van der Waals surface area contributed by atoms with Gasteiger partial charge in [0.25, 0.3) is 0 Å². The van der Waals surface area contributed by atoms with Crippen LogP contribution in [0.15, 0.2) is 53.8 Å². The van der Waals surface area contributed by atoms with Gasteiger partial charge in [0.15, 0.2) is 12.7 Å². The Hall–Kier alpha value is -3.19. The van der Waals surface area contributed by atoms with Crippen LogP contribution in [-0.2, 0) is 14.4 Å². The lowest BCUT2D eigenvalue weighted by Gasteiger charge is -2.14. The summed E-state index contributed by atoms with van der Waals surface area (Å²) in [6, 6.07) is 12.7. The highest BCUT2D eigenvalue weighted by atomic mass is 35.5. The molecule has 1 heterocycles. The Morgan fingerprint density at radius 1 is 1.10 bits per heavy atom. The van der Waals surface area contributed by atoms with Crippen LogP contribution in [0.4, 0.5) is 0 Å². The number of fused-ring (bicyclic) bond motifs is 1. The topological polar surface area (TPSA) is 82.9 Å². The summed E-state index contributed by atoms with van der Waals surface area (Å²) in [5.74, 6) is 0.0742. The molecule has 0 aliphatic carbocycles. The SMILES string of the molecule is CC(C)=NOCCOC(=O)C(C)Oc1ccc(-c2cnc3cc(Cl)ccc3n2)cc1. The Morgan fingerprint density at radius 3 is 2.60 bits per heavy atom. The van der Waals surface area contributed by atoms with Gasteiger partial charge in [0.1, 0.15) is 12.4 Å². The van der Waals surface area contributed by atoms with Crippen molar-refractivity contribution in [2.75, 3.05) is 13.2 Å². The van der Waals surface area contributed by atoms with Crippen molar-refractivity contribution in [1.29, 1.82) is 0 Å². The largest absolute Gasteiger partial charge is 0.479 e. The van der Waals surface area contributed by atoms with E-state index in [1.54, 1.807) is 37.4 Å². The molecule has 0 saturated carbocycles. The first-order valence-corrected chi connectivity index (χ1v) is 9.79. The van der Waals surface area contributed by atoms with Crippen LogP contribution in [0.2, 0.25) is 5.02 Å². The molecule has 7 nitrogen and oxygen atoms in total. The number of hydrogen-bond acceptors (Lipinski definition) is 7. The summed E-state index contributed by atoms with van der Waals surface area (Å²) in [5, 5.41) is 4.39. The lowest BCUT2D eigenvalue weighted by atomic mass is 10.1. The van der Waals surface area contributed by atoms with E-state index in [1.807, 2.05) is 32.0 Å². The van der Waals surface area contributed by atoms with Gasteiger partial charge < -0.3 is 14.3 Å². The molecule has 0 fully saturated rings. The second-order valence-corrected chi connectivity index (χ2v) is 7.15. The van der Waals surface area contributed by atoms with E-state index in [0.717, 1.165) is 28.0 Å². The number of ether oxygens (including phenoxy) is 2. The minimum atomic E-state index is -0.752. The van der Waals surface area contributed by atoms with Crippen molar-refractivity contribution in [2.24, 2.45) is 5.16 Å². The van der Waals surface area contributed by atoms with Gasteiger partial charge in [-0.3, -0.25) is 4.98 Å². The quantitative estimate of drug-likeness (QED) is 0.225. The molecular weight excluding hydrogens is 406 g/mol. The monoisotopic (exact) mass is 427 g/mol. The van der Waals surface area contributed by atoms with Gasteiger partial charge in [0.2, 0.25) is 0 Å². The number of oxime groups is 1. The average Bonchev–Trinajstić information content (AvgIpc) is 2.73. The molecule has 0 N–H and O–H groups in total. The first-order valence-electron chi connectivity index (χ1n) is 9.41. The standard InChI is InChI=1S/C22H22ClN3O4/c1-14(2)26-29-11-10-28-22(27)15(3)30-18-7-4-16(5-8-18)21-13-24-20-12-17(23)6-9-19(20)25-21/h4-9,12-13,15H,10-11H2,1-3H3. The molecule has 1 aromatic heterocycles. The van der Waals surface area contributed by atoms with Gasteiger partial charge >= 0.3 is 5.97 Å². The van der Waals surface area contributed by atoms with Crippen molar-refractivity contribution in [2.45, 2.75) is 26.9 Å². The predicted octanol–water partition coefficient (Wildman–Crippen LogP) is 4.67. The molecular formula is C22H22ClN3O4. The number of hydrogen-bond donors (Lipinski definition) is 0. The first kappa shape index (κ1) is 21.5. The van der Waals surface area contributed by atoms with E-state index in [0.29, 0.717) is 10.8 Å². The smallest absolute Gasteiger partial charge is 0.347 e. The maximum atomic E-state index is 12.0. The van der Waals surface area contributed by atoms with Crippen LogP contribution < -0.4 is 4.74 Å². The van der Waals surface area contributed by atoms with Gasteiger partial charge in [0.05, 0.1) is 28.6 Å². The molecule has 0 radical (unpaired) electrons. The maximum absolute atomic E-state index is 12.0. The summed E-state index contributed by atoms with van der Waals surface area (Å²) in [5.41, 5.74) is 3.90. The molecule has 0 saturated heterocycles. The lowest BCUT2D eigenvalue weighted by molar-refractivity contribution is -0.152. The predicted molar refractivity (Wildman–Crippen MR) is 116 cm³/mol. The number of carbonyl (C=O) groups is 1. The molecule has 2 aromatic carbocycles. The van der Waals surface area contributed by atoms with Crippen molar-refractivity contribution in [3.8, 4) is 17.0 Å². The normalized spacial score (nSPS) is 11.6. The van der Waals surface area contributed by atoms with Crippen molar-refractivity contribution in [1.82, 2.24) is 9.97 Å². The van der Waals surface area contributed by atoms with Crippen LogP contribution in [0.3, 0.4) is 0 Å². The molecule has 0 bridgehead atoms. The Bertz CT molecular complexity index is 1050. The Labute approximate surface area is 179 Å². The Morgan fingerprint density at radius 2 is 1.87 bits per heavy atom. The van der Waals surface area contributed by atoms with Crippen molar-refractivity contribution in [3.05, 3.63) is 53.7 Å². The number of aromatic nitrogens is 2. The van der Waals surface area contributed by atoms with Gasteiger partial charge in [-0.1, -0.05) is 16.8 Å². The molecule has 0 aliphatic heterocycles. The third-order valence-electron chi connectivity index (χ3n) is 3.97. The number of esters is 1. The fourth-order valence-corrected chi connectivity index (χ4v) is 2.72. The van der Waals surface area contributed by atoms with E-state index in [-0.39, 0.29) is 13.2 Å². The second-order valence-electron chi connectivity index (χ2n) is 6.71. The van der Waals surface area contributed by atoms with Crippen molar-refractivity contribution in [3.63, 3.8) is 0 Å². The molecule has 30 heavy (non-hydrogen) atoms. The van der Waals surface area contributed by atoms with Gasteiger partial charge in [-0.25, -0.2) is 9.78 Å². The van der Waals surface area contributed by atoms with Gasteiger partial charge in [-0.15, -0.1) is 0 Å². The molecule has 0 amide bonds. The van der Waals surface area contributed by atoms with E-state index < -0.39 is 12.1 Å². The molecule has 8 heteroatoms. The highest BCUT2D eigenvalue weighted by molar-refractivity contribution is 6.31. The molecule has 3 rings (SSSR count). The van der Waals surface area contributed by atoms with Crippen LogP contribution in [0.25, 0.3) is 22.3 Å². The van der Waals surface area contributed by atoms with Gasteiger partial charge in [-0.2, -0.15) is 0 Å². The zero-order valence-corrected chi connectivity index (χ0v) is 17.7. The van der Waals surface area contributed by atoms with E-state index in [2.05, 4.69) is 15.1 Å². The summed E-state index contributed by atoms with van der Waals surface area (Å²) in [4.78, 5) is 26.0. The third-order valence-corrected chi connectivity index (χ3v) is 4.20. The Balaban J connectivity index is 1.57. The highest BCUT2D eigenvalue weighted by Gasteiger charge is 2.16. The van der Waals surface area contributed by atoms with Gasteiger partial charge in [-0.05, 0) is 63.2 Å². The molecule has 1 unspecified atom stereocenters. The zero-order chi connectivity index (χ0) is 21.5. The number of nitrogens with zero attached hydrogens (tertiary/aromatic N) is 3. The number of halogens is 1. The van der Waals surface area contributed by atoms with Crippen LogP contribution in [0, 0.1) is 0 Å². The number of carbonyl (C=O) groups excluding carboxylic acids is 1. The average molecular weight is 428 g/mol. The van der Waals surface area contributed by atoms with Crippen LogP contribution >= 0.6 is 11.6 Å². The third kappa shape index (κ3) is 5.90. The molecule has 0 spiro atoms. The van der Waals surface area contributed by atoms with E-state index in [9.17, 15) is 4.79 Å². The van der Waals surface area contributed by atoms with E-state index >= 15 is 0 Å². The molecule has 156 valence electrons. The minimum Gasteiger partial charge on any atom is -0.479 e. The van der Waals surface area contributed by atoms with E-state index in [4.69, 9.17) is 25.9 Å². The summed E-state index contributed by atoms with van der Waals surface area (Å²) in [6.07, 6.45) is 0.943. The second kappa shape index (κ2) is 10.0. The number of rotatable bonds is 8. The summed E-state index contributed by atoms with van der Waals surface area (Å²) in [6.45, 7) is 5.56. The van der Waals surface area contributed by atoms with Crippen LogP contribution in [0.5, 0.6) is 5.75 Å². The van der Waals surface area contributed by atoms with Crippen LogP contribution in [-0.4, -0.2) is 41.0 Å². The highest BCUT2D eigenvalue weighted by Crippen LogP contribution is 2.24.